The zero-order chi connectivity index (χ0) is 20.2. The molecule has 0 radical (unpaired) electrons. The molecule has 8 heteroatoms. The summed E-state index contributed by atoms with van der Waals surface area (Å²) in [6, 6.07) is 6.73. The number of piperidine rings is 1. The normalized spacial score (nSPS) is 18.4. The molecule has 1 amide bonds. The molecule has 1 aromatic carbocycles. The molecule has 1 aliphatic rings. The Morgan fingerprint density at radius 2 is 1.89 bits per heavy atom. The Balaban J connectivity index is 2.03. The fraction of sp³-hybridized carbons (Fsp3) is 0.632. The van der Waals surface area contributed by atoms with Gasteiger partial charge in [-0.3, -0.25) is 0 Å². The van der Waals surface area contributed by atoms with Crippen molar-refractivity contribution in [1.82, 2.24) is 9.21 Å². The van der Waals surface area contributed by atoms with Crippen LogP contribution in [0.15, 0.2) is 24.3 Å². The third kappa shape index (κ3) is 6.10. The van der Waals surface area contributed by atoms with Gasteiger partial charge in [-0.2, -0.15) is 4.31 Å². The van der Waals surface area contributed by atoms with E-state index >= 15 is 0 Å². The van der Waals surface area contributed by atoms with E-state index in [4.69, 9.17) is 9.47 Å². The number of ether oxygens (including phenoxy) is 2. The first-order chi connectivity index (χ1) is 12.5. The second-order valence-electron chi connectivity index (χ2n) is 7.84. The minimum Gasteiger partial charge on any atom is -0.497 e. The quantitative estimate of drug-likeness (QED) is 0.762. The van der Waals surface area contributed by atoms with Crippen LogP contribution < -0.4 is 4.74 Å². The molecule has 0 aliphatic carbocycles. The fourth-order valence-corrected chi connectivity index (χ4v) is 4.45. The molecular formula is C19H30N2O5S. The van der Waals surface area contributed by atoms with E-state index in [9.17, 15) is 13.2 Å². The van der Waals surface area contributed by atoms with Crippen LogP contribution in [0.2, 0.25) is 0 Å². The van der Waals surface area contributed by atoms with Gasteiger partial charge in [0.2, 0.25) is 10.0 Å². The predicted molar refractivity (Wildman–Crippen MR) is 104 cm³/mol. The van der Waals surface area contributed by atoms with Crippen molar-refractivity contribution in [3.8, 4) is 5.75 Å². The second kappa shape index (κ2) is 8.48. The van der Waals surface area contributed by atoms with E-state index in [0.29, 0.717) is 24.4 Å². The summed E-state index contributed by atoms with van der Waals surface area (Å²) in [6.45, 7) is 6.37. The highest BCUT2D eigenvalue weighted by Crippen LogP contribution is 2.22. The van der Waals surface area contributed by atoms with Crippen LogP contribution in [-0.4, -0.2) is 62.6 Å². The van der Waals surface area contributed by atoms with Gasteiger partial charge < -0.3 is 14.4 Å². The van der Waals surface area contributed by atoms with Crippen molar-refractivity contribution in [3.05, 3.63) is 29.8 Å². The van der Waals surface area contributed by atoms with E-state index < -0.39 is 21.7 Å². The lowest BCUT2D eigenvalue weighted by molar-refractivity contribution is 0.0163. The van der Waals surface area contributed by atoms with Gasteiger partial charge in [0, 0.05) is 26.2 Å². The molecule has 1 unspecified atom stereocenters. The average Bonchev–Trinajstić information content (AvgIpc) is 2.60. The Morgan fingerprint density at radius 3 is 2.44 bits per heavy atom. The van der Waals surface area contributed by atoms with Crippen LogP contribution in [0.3, 0.4) is 0 Å². The summed E-state index contributed by atoms with van der Waals surface area (Å²) in [7, 11) is -0.349. The highest BCUT2D eigenvalue weighted by molar-refractivity contribution is 7.88. The molecule has 0 aromatic heterocycles. The van der Waals surface area contributed by atoms with E-state index in [1.165, 1.54) is 4.31 Å². The molecule has 27 heavy (non-hydrogen) atoms. The summed E-state index contributed by atoms with van der Waals surface area (Å²) in [5.41, 5.74) is 0.124. The van der Waals surface area contributed by atoms with Crippen LogP contribution >= 0.6 is 0 Å². The third-order valence-electron chi connectivity index (χ3n) is 4.51. The molecule has 0 saturated carbocycles. The van der Waals surface area contributed by atoms with Crippen LogP contribution in [0.5, 0.6) is 5.75 Å². The molecule has 0 N–H and O–H groups in total. The lowest BCUT2D eigenvalue weighted by Gasteiger charge is -2.37. The number of likely N-dealkylation sites (N-methyl/N-ethyl adjacent to an activating group) is 1. The molecule has 1 fully saturated rings. The maximum Gasteiger partial charge on any atom is 0.410 e. The maximum absolute atomic E-state index is 12.8. The first kappa shape index (κ1) is 21.5. The van der Waals surface area contributed by atoms with Crippen molar-refractivity contribution in [2.75, 3.05) is 27.2 Å². The van der Waals surface area contributed by atoms with Gasteiger partial charge >= 0.3 is 6.09 Å². The number of carbonyl (C=O) groups is 1. The van der Waals surface area contributed by atoms with Crippen molar-refractivity contribution in [3.63, 3.8) is 0 Å². The first-order valence-corrected chi connectivity index (χ1v) is 10.7. The predicted octanol–water partition coefficient (Wildman–Crippen LogP) is 2.86. The molecular weight excluding hydrogens is 368 g/mol. The molecule has 1 aromatic rings. The number of nitrogens with zero attached hydrogens (tertiary/aromatic N) is 2. The summed E-state index contributed by atoms with van der Waals surface area (Å²) >= 11 is 0. The Kier molecular flexibility index (Phi) is 6.75. The number of benzene rings is 1. The van der Waals surface area contributed by atoms with Crippen molar-refractivity contribution in [2.24, 2.45) is 0 Å². The number of methoxy groups -OCH3 is 1. The summed E-state index contributed by atoms with van der Waals surface area (Å²) in [5, 5.41) is 0. The molecule has 7 nitrogen and oxygen atoms in total. The van der Waals surface area contributed by atoms with E-state index in [1.807, 2.05) is 20.8 Å². The van der Waals surface area contributed by atoms with Crippen molar-refractivity contribution < 1.29 is 22.7 Å². The molecule has 1 aliphatic heterocycles. The van der Waals surface area contributed by atoms with Crippen molar-refractivity contribution in [1.29, 1.82) is 0 Å². The average molecular weight is 399 g/mol. The van der Waals surface area contributed by atoms with Gasteiger partial charge in [-0.05, 0) is 51.3 Å². The largest absolute Gasteiger partial charge is 0.497 e. The fourth-order valence-electron chi connectivity index (χ4n) is 3.01. The van der Waals surface area contributed by atoms with Crippen LogP contribution in [0.1, 0.15) is 39.2 Å². The maximum atomic E-state index is 12.8. The van der Waals surface area contributed by atoms with Gasteiger partial charge in [0.25, 0.3) is 0 Å². The lowest BCUT2D eigenvalue weighted by atomic mass is 10.1. The van der Waals surface area contributed by atoms with Gasteiger partial charge in [0.15, 0.2) is 0 Å². The van der Waals surface area contributed by atoms with Crippen LogP contribution in [0.25, 0.3) is 0 Å². The molecule has 2 rings (SSSR count). The van der Waals surface area contributed by atoms with Crippen LogP contribution in [0, 0.1) is 0 Å². The molecule has 1 heterocycles. The van der Waals surface area contributed by atoms with Crippen molar-refractivity contribution >= 4 is 16.1 Å². The number of carbonyl (C=O) groups excluding carboxylic acids is 1. The Labute approximate surface area is 162 Å². The number of amides is 1. The molecule has 0 bridgehead atoms. The molecule has 152 valence electrons. The minimum absolute atomic E-state index is 0.0869. The van der Waals surface area contributed by atoms with E-state index in [-0.39, 0.29) is 11.8 Å². The second-order valence-corrected chi connectivity index (χ2v) is 9.87. The van der Waals surface area contributed by atoms with Crippen LogP contribution in [-0.2, 0) is 20.5 Å². The summed E-state index contributed by atoms with van der Waals surface area (Å²) in [5.74, 6) is 0.598. The zero-order valence-electron chi connectivity index (χ0n) is 16.8. The van der Waals surface area contributed by atoms with E-state index in [2.05, 4.69) is 0 Å². The first-order valence-electron chi connectivity index (χ1n) is 9.08. The number of hydrogen-bond acceptors (Lipinski definition) is 5. The minimum atomic E-state index is -3.50. The lowest BCUT2D eigenvalue weighted by Crippen LogP contribution is -2.51. The van der Waals surface area contributed by atoms with Gasteiger partial charge in [-0.25, -0.2) is 13.2 Å². The van der Waals surface area contributed by atoms with Gasteiger partial charge in [-0.15, -0.1) is 0 Å². The number of likely N-dealkylation sites (tertiary alicyclic amines) is 1. The smallest absolute Gasteiger partial charge is 0.410 e. The standard InChI is InChI=1S/C19H30N2O5S/c1-19(2,3)26-18(22)21-12-6-7-16(13-21)20(4)27(23,24)14-15-8-10-17(25-5)11-9-15/h8-11,16H,6-7,12-14H2,1-5H3. The summed E-state index contributed by atoms with van der Waals surface area (Å²) in [6.07, 6.45) is 1.07. The highest BCUT2D eigenvalue weighted by atomic mass is 32.2. The molecule has 1 saturated heterocycles. The Morgan fingerprint density at radius 1 is 1.26 bits per heavy atom. The van der Waals surface area contributed by atoms with Gasteiger partial charge in [-0.1, -0.05) is 12.1 Å². The van der Waals surface area contributed by atoms with Gasteiger partial charge in [0.1, 0.15) is 11.4 Å². The highest BCUT2D eigenvalue weighted by Gasteiger charge is 2.33. The third-order valence-corrected chi connectivity index (χ3v) is 6.38. The van der Waals surface area contributed by atoms with Crippen molar-refractivity contribution in [2.45, 2.75) is 51.0 Å². The number of sulfonamides is 1. The summed E-state index contributed by atoms with van der Waals surface area (Å²) < 4.78 is 37.6. The van der Waals surface area contributed by atoms with Crippen LogP contribution in [0.4, 0.5) is 4.79 Å². The zero-order valence-corrected chi connectivity index (χ0v) is 17.6. The Hall–Kier alpha value is -1.80. The van der Waals surface area contributed by atoms with E-state index in [0.717, 1.165) is 12.8 Å². The SMILES string of the molecule is COc1ccc(CS(=O)(=O)N(C)C2CCCN(C(=O)OC(C)(C)C)C2)cc1. The topological polar surface area (TPSA) is 76.2 Å². The molecule has 0 spiro atoms. The Bertz CT molecular complexity index is 740. The number of hydrogen-bond donors (Lipinski definition) is 0. The van der Waals surface area contributed by atoms with E-state index in [1.54, 1.807) is 43.3 Å². The molecule has 1 atom stereocenters. The van der Waals surface area contributed by atoms with Gasteiger partial charge in [0.05, 0.1) is 12.9 Å². The monoisotopic (exact) mass is 398 g/mol. The number of rotatable bonds is 5. The summed E-state index contributed by atoms with van der Waals surface area (Å²) in [4.78, 5) is 13.9.